The lowest BCUT2D eigenvalue weighted by molar-refractivity contribution is 1.17. The fourth-order valence-electron chi connectivity index (χ4n) is 3.02. The summed E-state index contributed by atoms with van der Waals surface area (Å²) in [4.78, 5) is 17.8. The molecule has 0 bridgehead atoms. The minimum absolute atomic E-state index is 0.416. The molecular formula is C20H17N7S2. The first-order valence-corrected chi connectivity index (χ1v) is 10.6. The molecule has 5 aromatic rings. The summed E-state index contributed by atoms with van der Waals surface area (Å²) in [5.41, 5.74) is 11.0. The zero-order valence-corrected chi connectivity index (χ0v) is 17.4. The Hall–Kier alpha value is -3.30. The van der Waals surface area contributed by atoms with E-state index in [1.54, 1.807) is 22.7 Å². The van der Waals surface area contributed by atoms with Gasteiger partial charge in [-0.25, -0.2) is 19.9 Å². The summed E-state index contributed by atoms with van der Waals surface area (Å²) in [6.45, 7) is 4.11. The summed E-state index contributed by atoms with van der Waals surface area (Å²) in [5, 5.41) is 7.91. The largest absolute Gasteiger partial charge is 0.393 e. The zero-order valence-electron chi connectivity index (χ0n) is 15.7. The van der Waals surface area contributed by atoms with Crippen molar-refractivity contribution in [1.29, 1.82) is 0 Å². The van der Waals surface area contributed by atoms with Crippen LogP contribution < -0.4 is 16.4 Å². The predicted octanol–water partition coefficient (Wildman–Crippen LogP) is 5.38. The van der Waals surface area contributed by atoms with Gasteiger partial charge in [-0.15, -0.1) is 0 Å². The second-order valence-corrected chi connectivity index (χ2v) is 8.73. The number of rotatable bonds is 4. The molecule has 0 amide bonds. The van der Waals surface area contributed by atoms with Crippen LogP contribution in [0.4, 0.5) is 27.6 Å². The van der Waals surface area contributed by atoms with Crippen molar-refractivity contribution < 1.29 is 0 Å². The van der Waals surface area contributed by atoms with Crippen molar-refractivity contribution in [2.45, 2.75) is 13.8 Å². The number of fused-ring (bicyclic) bond motifs is 2. The van der Waals surface area contributed by atoms with Gasteiger partial charge in [-0.3, -0.25) is 0 Å². The van der Waals surface area contributed by atoms with E-state index in [0.29, 0.717) is 17.3 Å². The molecule has 3 aromatic heterocycles. The molecule has 144 valence electrons. The normalized spacial score (nSPS) is 11.2. The van der Waals surface area contributed by atoms with Crippen molar-refractivity contribution in [2.75, 3.05) is 16.4 Å². The number of nitrogen functional groups attached to an aromatic ring is 1. The van der Waals surface area contributed by atoms with Crippen molar-refractivity contribution in [3.05, 3.63) is 53.9 Å². The van der Waals surface area contributed by atoms with E-state index < -0.39 is 0 Å². The SMILES string of the molecule is Cc1ccc2nc(Nc3ncnc(Nc4nc5c(C)cccc5s4)c3N)sc2c1. The maximum atomic E-state index is 6.33. The van der Waals surface area contributed by atoms with Crippen LogP contribution >= 0.6 is 22.7 Å². The summed E-state index contributed by atoms with van der Waals surface area (Å²) in [6, 6.07) is 12.3. The van der Waals surface area contributed by atoms with Gasteiger partial charge in [0, 0.05) is 0 Å². The number of nitrogens with one attached hydrogen (secondary N) is 2. The van der Waals surface area contributed by atoms with Gasteiger partial charge < -0.3 is 16.4 Å². The van der Waals surface area contributed by atoms with Crippen LogP contribution in [0.25, 0.3) is 20.4 Å². The quantitative estimate of drug-likeness (QED) is 0.359. The van der Waals surface area contributed by atoms with Gasteiger partial charge in [0.2, 0.25) is 0 Å². The van der Waals surface area contributed by atoms with Crippen molar-refractivity contribution in [1.82, 2.24) is 19.9 Å². The number of aryl methyl sites for hydroxylation is 2. The van der Waals surface area contributed by atoms with Crippen molar-refractivity contribution in [2.24, 2.45) is 0 Å². The average molecular weight is 420 g/mol. The van der Waals surface area contributed by atoms with Gasteiger partial charge in [-0.2, -0.15) is 0 Å². The number of para-hydroxylation sites is 1. The molecule has 0 fully saturated rings. The van der Waals surface area contributed by atoms with E-state index in [9.17, 15) is 0 Å². The molecular weight excluding hydrogens is 402 g/mol. The van der Waals surface area contributed by atoms with Crippen molar-refractivity contribution >= 4 is 70.7 Å². The summed E-state index contributed by atoms with van der Waals surface area (Å²) in [5.74, 6) is 1.02. The molecule has 2 aromatic carbocycles. The lowest BCUT2D eigenvalue weighted by Crippen LogP contribution is -2.05. The van der Waals surface area contributed by atoms with E-state index in [0.717, 1.165) is 36.3 Å². The van der Waals surface area contributed by atoms with Crippen molar-refractivity contribution in [3.63, 3.8) is 0 Å². The number of nitrogens with two attached hydrogens (primary N) is 1. The summed E-state index contributed by atoms with van der Waals surface area (Å²) in [7, 11) is 0. The smallest absolute Gasteiger partial charge is 0.189 e. The highest BCUT2D eigenvalue weighted by molar-refractivity contribution is 7.22. The summed E-state index contributed by atoms with van der Waals surface area (Å²) >= 11 is 3.12. The van der Waals surface area contributed by atoms with Crippen LogP contribution in [0.2, 0.25) is 0 Å². The third-order valence-electron chi connectivity index (χ3n) is 4.50. The Morgan fingerprint density at radius 2 is 1.59 bits per heavy atom. The van der Waals surface area contributed by atoms with Gasteiger partial charge in [0.25, 0.3) is 0 Å². The molecule has 4 N–H and O–H groups in total. The lowest BCUT2D eigenvalue weighted by atomic mass is 10.2. The zero-order chi connectivity index (χ0) is 20.0. The van der Waals surface area contributed by atoms with E-state index in [-0.39, 0.29) is 0 Å². The molecule has 0 saturated carbocycles. The number of hydrogen-bond donors (Lipinski definition) is 3. The molecule has 29 heavy (non-hydrogen) atoms. The van der Waals surface area contributed by atoms with Gasteiger partial charge in [-0.05, 0) is 43.2 Å². The first-order valence-electron chi connectivity index (χ1n) is 8.95. The average Bonchev–Trinajstić information content (AvgIpc) is 3.28. The predicted molar refractivity (Wildman–Crippen MR) is 122 cm³/mol. The van der Waals surface area contributed by atoms with Crippen LogP contribution in [0.3, 0.4) is 0 Å². The second-order valence-electron chi connectivity index (χ2n) is 6.67. The van der Waals surface area contributed by atoms with Gasteiger partial charge >= 0.3 is 0 Å². The monoisotopic (exact) mass is 419 g/mol. The van der Waals surface area contributed by atoms with Gasteiger partial charge in [0.1, 0.15) is 12.0 Å². The highest BCUT2D eigenvalue weighted by atomic mass is 32.1. The number of hydrogen-bond acceptors (Lipinski definition) is 9. The molecule has 0 saturated heterocycles. The van der Waals surface area contributed by atoms with Gasteiger partial charge in [0.05, 0.1) is 20.4 Å². The molecule has 7 nitrogen and oxygen atoms in total. The molecule has 0 atom stereocenters. The Kier molecular flexibility index (Phi) is 4.26. The molecule has 0 aliphatic heterocycles. The Morgan fingerprint density at radius 1 is 0.862 bits per heavy atom. The fourth-order valence-corrected chi connectivity index (χ4v) is 4.93. The fraction of sp³-hybridized carbons (Fsp3) is 0.100. The second kappa shape index (κ2) is 6.94. The molecule has 0 spiro atoms. The summed E-state index contributed by atoms with van der Waals surface area (Å²) in [6.07, 6.45) is 1.47. The van der Waals surface area contributed by atoms with Crippen LogP contribution in [-0.2, 0) is 0 Å². The van der Waals surface area contributed by atoms with Crippen LogP contribution in [0.15, 0.2) is 42.7 Å². The van der Waals surface area contributed by atoms with E-state index in [1.165, 1.54) is 11.9 Å². The molecule has 3 heterocycles. The highest BCUT2D eigenvalue weighted by Crippen LogP contribution is 2.34. The number of anilines is 5. The minimum atomic E-state index is 0.416. The number of benzene rings is 2. The number of aromatic nitrogens is 4. The molecule has 0 aliphatic carbocycles. The highest BCUT2D eigenvalue weighted by Gasteiger charge is 2.13. The standard InChI is InChI=1S/C20H17N7S2/c1-10-6-7-12-14(8-10)29-19(24-12)26-17-15(21)18(23-9-22-17)27-20-25-16-11(2)4-3-5-13(16)28-20/h3-9H,21H2,1-2H3,(H2,22,23,24,25,26,27). The maximum Gasteiger partial charge on any atom is 0.189 e. The van der Waals surface area contributed by atoms with Crippen LogP contribution in [-0.4, -0.2) is 19.9 Å². The van der Waals surface area contributed by atoms with E-state index in [2.05, 4.69) is 49.6 Å². The Balaban J connectivity index is 1.44. The maximum absolute atomic E-state index is 6.33. The number of nitrogens with zero attached hydrogens (tertiary/aromatic N) is 4. The third-order valence-corrected chi connectivity index (χ3v) is 6.37. The van der Waals surface area contributed by atoms with E-state index in [4.69, 9.17) is 5.73 Å². The minimum Gasteiger partial charge on any atom is -0.393 e. The first-order chi connectivity index (χ1) is 14.1. The Bertz CT molecular complexity index is 1360. The van der Waals surface area contributed by atoms with E-state index in [1.807, 2.05) is 31.2 Å². The van der Waals surface area contributed by atoms with Gasteiger partial charge in [0.15, 0.2) is 21.9 Å². The summed E-state index contributed by atoms with van der Waals surface area (Å²) < 4.78 is 2.23. The van der Waals surface area contributed by atoms with Crippen LogP contribution in [0, 0.1) is 13.8 Å². The molecule has 9 heteroatoms. The molecule has 0 aliphatic rings. The van der Waals surface area contributed by atoms with Gasteiger partial charge in [-0.1, -0.05) is 40.9 Å². The molecule has 0 unspecified atom stereocenters. The van der Waals surface area contributed by atoms with Crippen LogP contribution in [0.1, 0.15) is 11.1 Å². The molecule has 5 rings (SSSR count). The van der Waals surface area contributed by atoms with E-state index >= 15 is 0 Å². The molecule has 0 radical (unpaired) electrons. The first kappa shape index (κ1) is 17.8. The third kappa shape index (κ3) is 3.34. The number of thiazole rings is 2. The Labute approximate surface area is 174 Å². The topological polar surface area (TPSA) is 102 Å². The lowest BCUT2D eigenvalue weighted by Gasteiger charge is -2.09. The van der Waals surface area contributed by atoms with Crippen LogP contribution in [0.5, 0.6) is 0 Å². The Morgan fingerprint density at radius 3 is 2.34 bits per heavy atom. The van der Waals surface area contributed by atoms with Crippen molar-refractivity contribution in [3.8, 4) is 0 Å².